The Hall–Kier alpha value is -0.520. The minimum Gasteiger partial charge on any atom is -0.309 e. The van der Waals surface area contributed by atoms with E-state index in [1.807, 2.05) is 14.1 Å². The van der Waals surface area contributed by atoms with E-state index in [1.165, 1.54) is 0 Å². The maximum absolute atomic E-state index is 5.35. The predicted octanol–water partition coefficient (Wildman–Crippen LogP) is 0.502. The normalized spacial score (nSPS) is 13.5. The Morgan fingerprint density at radius 2 is 1.82 bits per heavy atom. The van der Waals surface area contributed by atoms with Crippen molar-refractivity contribution in [3.8, 4) is 12.3 Å². The molecule has 0 aliphatic carbocycles. The van der Waals surface area contributed by atoms with E-state index in [0.29, 0.717) is 0 Å². The summed E-state index contributed by atoms with van der Waals surface area (Å²) >= 11 is 0. The Kier molecular flexibility index (Phi) is 4.93. The second-order valence-electron chi connectivity index (χ2n) is 3.24. The quantitative estimate of drug-likeness (QED) is 0.544. The first kappa shape index (κ1) is 10.5. The van der Waals surface area contributed by atoms with Gasteiger partial charge < -0.3 is 4.90 Å². The van der Waals surface area contributed by atoms with Gasteiger partial charge in [-0.15, -0.1) is 6.42 Å². The molecule has 0 saturated carbocycles. The van der Waals surface area contributed by atoms with Crippen molar-refractivity contribution >= 4 is 0 Å². The highest BCUT2D eigenvalue weighted by Gasteiger charge is 2.06. The molecule has 0 rings (SSSR count). The fourth-order valence-corrected chi connectivity index (χ4v) is 0.871. The summed E-state index contributed by atoms with van der Waals surface area (Å²) in [6.07, 6.45) is 6.39. The zero-order valence-corrected chi connectivity index (χ0v) is 7.96. The van der Waals surface area contributed by atoms with Gasteiger partial charge in [0.2, 0.25) is 0 Å². The van der Waals surface area contributed by atoms with Gasteiger partial charge in [-0.2, -0.15) is 0 Å². The van der Waals surface area contributed by atoms with Crippen LogP contribution in [0, 0.1) is 12.3 Å². The van der Waals surface area contributed by atoms with Crippen molar-refractivity contribution in [2.24, 2.45) is 0 Å². The zero-order valence-electron chi connectivity index (χ0n) is 7.96. The van der Waals surface area contributed by atoms with Gasteiger partial charge in [0.05, 0.1) is 6.04 Å². The number of nitrogens with zero attached hydrogens (tertiary/aromatic N) is 2. The van der Waals surface area contributed by atoms with Crippen molar-refractivity contribution in [3.63, 3.8) is 0 Å². The highest BCUT2D eigenvalue weighted by Crippen LogP contribution is 1.97. The molecule has 1 atom stereocenters. The summed E-state index contributed by atoms with van der Waals surface area (Å²) in [6.45, 7) is 1.05. The largest absolute Gasteiger partial charge is 0.309 e. The molecule has 0 aromatic heterocycles. The van der Waals surface area contributed by atoms with E-state index >= 15 is 0 Å². The second kappa shape index (κ2) is 5.17. The average molecular weight is 154 g/mol. The van der Waals surface area contributed by atoms with E-state index in [9.17, 15) is 0 Å². The lowest BCUT2D eigenvalue weighted by Gasteiger charge is -2.20. The van der Waals surface area contributed by atoms with Crippen LogP contribution < -0.4 is 0 Å². The van der Waals surface area contributed by atoms with E-state index in [-0.39, 0.29) is 6.04 Å². The molecule has 64 valence electrons. The van der Waals surface area contributed by atoms with E-state index < -0.39 is 0 Å². The molecular weight excluding hydrogens is 136 g/mol. The molecule has 0 aliphatic heterocycles. The van der Waals surface area contributed by atoms with Gasteiger partial charge in [0.15, 0.2) is 0 Å². The Morgan fingerprint density at radius 1 is 1.27 bits per heavy atom. The van der Waals surface area contributed by atoms with E-state index in [1.54, 1.807) is 0 Å². The van der Waals surface area contributed by atoms with Crippen LogP contribution in [0.2, 0.25) is 0 Å². The standard InChI is InChI=1S/C9H18N2/c1-6-9(11(4)5)7-8-10(2)3/h1,9H,7-8H2,2-5H3. The van der Waals surface area contributed by atoms with Crippen LogP contribution in [0.5, 0.6) is 0 Å². The molecule has 0 aliphatic rings. The van der Waals surface area contributed by atoms with E-state index in [0.717, 1.165) is 13.0 Å². The number of rotatable bonds is 4. The summed E-state index contributed by atoms with van der Waals surface area (Å²) < 4.78 is 0. The Morgan fingerprint density at radius 3 is 2.09 bits per heavy atom. The molecule has 0 aromatic rings. The maximum atomic E-state index is 5.35. The summed E-state index contributed by atoms with van der Waals surface area (Å²) in [5.74, 6) is 2.76. The molecule has 0 spiro atoms. The predicted molar refractivity (Wildman–Crippen MR) is 49.5 cm³/mol. The molecule has 0 radical (unpaired) electrons. The summed E-state index contributed by atoms with van der Waals surface area (Å²) in [7, 11) is 8.15. The fourth-order valence-electron chi connectivity index (χ4n) is 0.871. The highest BCUT2D eigenvalue weighted by atomic mass is 15.1. The Labute approximate surface area is 70.2 Å². The van der Waals surface area contributed by atoms with Crippen LogP contribution in [0.25, 0.3) is 0 Å². The van der Waals surface area contributed by atoms with Crippen LogP contribution in [0.1, 0.15) is 6.42 Å². The van der Waals surface area contributed by atoms with Gasteiger partial charge >= 0.3 is 0 Å². The van der Waals surface area contributed by atoms with Gasteiger partial charge in [-0.1, -0.05) is 5.92 Å². The molecule has 0 fully saturated rings. The minimum atomic E-state index is 0.275. The first-order chi connectivity index (χ1) is 5.07. The number of hydrogen-bond donors (Lipinski definition) is 0. The first-order valence-electron chi connectivity index (χ1n) is 3.85. The van der Waals surface area contributed by atoms with Gasteiger partial charge in [0.1, 0.15) is 0 Å². The first-order valence-corrected chi connectivity index (χ1v) is 3.85. The van der Waals surface area contributed by atoms with Gasteiger partial charge in [-0.3, -0.25) is 4.90 Å². The summed E-state index contributed by atoms with van der Waals surface area (Å²) in [5, 5.41) is 0. The minimum absolute atomic E-state index is 0.275. The third-order valence-corrected chi connectivity index (χ3v) is 1.67. The van der Waals surface area contributed by atoms with Gasteiger partial charge in [0.25, 0.3) is 0 Å². The zero-order chi connectivity index (χ0) is 8.85. The molecule has 0 amide bonds. The highest BCUT2D eigenvalue weighted by molar-refractivity contribution is 4.98. The Balaban J connectivity index is 3.64. The third-order valence-electron chi connectivity index (χ3n) is 1.67. The van der Waals surface area contributed by atoms with Gasteiger partial charge in [0, 0.05) is 0 Å². The lowest BCUT2D eigenvalue weighted by atomic mass is 10.2. The van der Waals surface area contributed by atoms with Crippen LogP contribution in [-0.4, -0.2) is 50.6 Å². The van der Waals surface area contributed by atoms with Crippen LogP contribution >= 0.6 is 0 Å². The molecule has 0 aromatic carbocycles. The molecule has 0 saturated heterocycles. The van der Waals surface area contributed by atoms with Crippen LogP contribution in [0.3, 0.4) is 0 Å². The van der Waals surface area contributed by atoms with Crippen LogP contribution in [0.15, 0.2) is 0 Å². The maximum Gasteiger partial charge on any atom is 0.0719 e. The second-order valence-corrected chi connectivity index (χ2v) is 3.24. The smallest absolute Gasteiger partial charge is 0.0719 e. The van der Waals surface area contributed by atoms with Crippen molar-refractivity contribution in [3.05, 3.63) is 0 Å². The van der Waals surface area contributed by atoms with E-state index in [2.05, 4.69) is 29.8 Å². The van der Waals surface area contributed by atoms with Crippen molar-refractivity contribution in [1.82, 2.24) is 9.80 Å². The number of terminal acetylenes is 1. The molecule has 2 heteroatoms. The molecule has 2 nitrogen and oxygen atoms in total. The Bertz CT molecular complexity index is 133. The van der Waals surface area contributed by atoms with Crippen molar-refractivity contribution in [2.75, 3.05) is 34.7 Å². The van der Waals surface area contributed by atoms with Crippen LogP contribution in [-0.2, 0) is 0 Å². The molecular formula is C9H18N2. The van der Waals surface area contributed by atoms with Crippen molar-refractivity contribution in [2.45, 2.75) is 12.5 Å². The summed E-state index contributed by atoms with van der Waals surface area (Å²) in [6, 6.07) is 0.275. The molecule has 11 heavy (non-hydrogen) atoms. The molecule has 0 bridgehead atoms. The lowest BCUT2D eigenvalue weighted by molar-refractivity contribution is 0.297. The summed E-state index contributed by atoms with van der Waals surface area (Å²) in [4.78, 5) is 4.22. The van der Waals surface area contributed by atoms with Crippen molar-refractivity contribution in [1.29, 1.82) is 0 Å². The van der Waals surface area contributed by atoms with Crippen LogP contribution in [0.4, 0.5) is 0 Å². The van der Waals surface area contributed by atoms with E-state index in [4.69, 9.17) is 6.42 Å². The summed E-state index contributed by atoms with van der Waals surface area (Å²) in [5.41, 5.74) is 0. The fraction of sp³-hybridized carbons (Fsp3) is 0.778. The topological polar surface area (TPSA) is 6.48 Å². The molecule has 0 N–H and O–H groups in total. The molecule has 1 unspecified atom stereocenters. The van der Waals surface area contributed by atoms with Crippen molar-refractivity contribution < 1.29 is 0 Å². The lowest BCUT2D eigenvalue weighted by Crippen LogP contribution is -2.30. The third kappa shape index (κ3) is 4.83. The SMILES string of the molecule is C#CC(CCN(C)C)N(C)C. The number of hydrogen-bond acceptors (Lipinski definition) is 2. The molecule has 0 heterocycles. The average Bonchev–Trinajstić information content (AvgIpc) is 1.87. The van der Waals surface area contributed by atoms with Gasteiger partial charge in [-0.25, -0.2) is 0 Å². The van der Waals surface area contributed by atoms with Gasteiger partial charge in [-0.05, 0) is 41.2 Å². The monoisotopic (exact) mass is 154 g/mol.